The standard InChI is InChI=1S/C27H29ClN4O3/c1-2-35-27(34)24-23-12-15-31(21-10-6-8-19(16-21)18-30-13-4-3-5-14-30)26(33)25(23)32(29-24)22-11-7-9-20(28)17-22/h6-11,16-17H,2-5,12-15,18H2,1H3. The van der Waals surface area contributed by atoms with Crippen LogP contribution in [-0.2, 0) is 17.7 Å². The van der Waals surface area contributed by atoms with Gasteiger partial charge in [0.05, 0.1) is 12.3 Å². The highest BCUT2D eigenvalue weighted by molar-refractivity contribution is 6.30. The van der Waals surface area contributed by atoms with Crippen LogP contribution in [0.2, 0.25) is 5.02 Å². The van der Waals surface area contributed by atoms with Gasteiger partial charge >= 0.3 is 5.97 Å². The number of benzene rings is 2. The minimum Gasteiger partial charge on any atom is -0.461 e. The van der Waals surface area contributed by atoms with Crippen molar-refractivity contribution in [3.63, 3.8) is 0 Å². The number of piperidine rings is 1. The van der Waals surface area contributed by atoms with Gasteiger partial charge in [-0.05, 0) is 75.2 Å². The van der Waals surface area contributed by atoms with E-state index >= 15 is 0 Å². The van der Waals surface area contributed by atoms with Gasteiger partial charge in [-0.1, -0.05) is 36.2 Å². The maximum atomic E-state index is 13.9. The summed E-state index contributed by atoms with van der Waals surface area (Å²) in [6.45, 7) is 5.57. The van der Waals surface area contributed by atoms with Crippen molar-refractivity contribution in [2.45, 2.75) is 39.2 Å². The second-order valence-corrected chi connectivity index (χ2v) is 9.44. The van der Waals surface area contributed by atoms with Crippen molar-refractivity contribution in [1.82, 2.24) is 14.7 Å². The number of hydrogen-bond acceptors (Lipinski definition) is 5. The number of halogens is 1. The summed E-state index contributed by atoms with van der Waals surface area (Å²) in [7, 11) is 0. The predicted octanol–water partition coefficient (Wildman–Crippen LogP) is 4.89. The summed E-state index contributed by atoms with van der Waals surface area (Å²) in [5.74, 6) is -0.710. The molecule has 2 aliphatic heterocycles. The molecular formula is C27H29ClN4O3. The Hall–Kier alpha value is -3.16. The Bertz CT molecular complexity index is 1250. The minimum atomic E-state index is -0.519. The van der Waals surface area contributed by atoms with Crippen molar-refractivity contribution >= 4 is 29.2 Å². The van der Waals surface area contributed by atoms with Crippen LogP contribution < -0.4 is 4.90 Å². The summed E-state index contributed by atoms with van der Waals surface area (Å²) in [6, 6.07) is 15.3. The first kappa shape index (κ1) is 23.6. The molecule has 0 spiro atoms. The van der Waals surface area contributed by atoms with Crippen LogP contribution in [0.5, 0.6) is 0 Å². The maximum absolute atomic E-state index is 13.9. The molecule has 182 valence electrons. The van der Waals surface area contributed by atoms with Crippen molar-refractivity contribution in [2.75, 3.05) is 31.1 Å². The molecule has 3 heterocycles. The summed E-state index contributed by atoms with van der Waals surface area (Å²) in [6.07, 6.45) is 4.29. The van der Waals surface area contributed by atoms with Gasteiger partial charge in [-0.2, -0.15) is 5.10 Å². The second kappa shape index (κ2) is 10.2. The molecule has 3 aromatic rings. The van der Waals surface area contributed by atoms with Gasteiger partial charge in [0.15, 0.2) is 5.69 Å². The predicted molar refractivity (Wildman–Crippen MR) is 135 cm³/mol. The number of rotatable bonds is 6. The summed E-state index contributed by atoms with van der Waals surface area (Å²) < 4.78 is 6.76. The van der Waals surface area contributed by atoms with E-state index in [0.717, 1.165) is 25.3 Å². The van der Waals surface area contributed by atoms with Crippen LogP contribution in [0.4, 0.5) is 5.69 Å². The number of aromatic nitrogens is 2. The lowest BCUT2D eigenvalue weighted by Gasteiger charge is -2.29. The molecule has 35 heavy (non-hydrogen) atoms. The first-order valence-corrected chi connectivity index (χ1v) is 12.6. The molecule has 0 unspecified atom stereocenters. The third-order valence-electron chi connectivity index (χ3n) is 6.62. The molecule has 8 heteroatoms. The van der Waals surface area contributed by atoms with Crippen LogP contribution >= 0.6 is 11.6 Å². The number of carbonyl (C=O) groups excluding carboxylic acids is 2. The lowest BCUT2D eigenvalue weighted by atomic mass is 10.0. The van der Waals surface area contributed by atoms with Crippen molar-refractivity contribution in [3.05, 3.63) is 76.1 Å². The largest absolute Gasteiger partial charge is 0.461 e. The summed E-state index contributed by atoms with van der Waals surface area (Å²) in [5, 5.41) is 5.05. The molecule has 0 N–H and O–H groups in total. The Labute approximate surface area is 210 Å². The number of esters is 1. The Morgan fingerprint density at radius 3 is 2.57 bits per heavy atom. The second-order valence-electron chi connectivity index (χ2n) is 9.00. The van der Waals surface area contributed by atoms with Crippen molar-refractivity contribution in [3.8, 4) is 5.69 Å². The Balaban J connectivity index is 1.50. The fourth-order valence-electron chi connectivity index (χ4n) is 4.96. The SMILES string of the molecule is CCOC(=O)c1nn(-c2cccc(Cl)c2)c2c1CCN(c1cccc(CN3CCCCC3)c1)C2=O. The van der Waals surface area contributed by atoms with Gasteiger partial charge in [-0.25, -0.2) is 9.48 Å². The van der Waals surface area contributed by atoms with E-state index in [-0.39, 0.29) is 18.2 Å². The van der Waals surface area contributed by atoms with E-state index in [1.165, 1.54) is 29.5 Å². The van der Waals surface area contributed by atoms with E-state index < -0.39 is 5.97 Å². The average Bonchev–Trinajstić information content (AvgIpc) is 3.26. The van der Waals surface area contributed by atoms with E-state index in [2.05, 4.69) is 22.1 Å². The molecule has 7 nitrogen and oxygen atoms in total. The number of fused-ring (bicyclic) bond motifs is 1. The quantitative estimate of drug-likeness (QED) is 0.458. The van der Waals surface area contributed by atoms with E-state index in [0.29, 0.717) is 34.9 Å². The number of nitrogens with zero attached hydrogens (tertiary/aromatic N) is 4. The van der Waals surface area contributed by atoms with E-state index in [1.807, 2.05) is 18.2 Å². The molecule has 2 aliphatic rings. The lowest BCUT2D eigenvalue weighted by Crippen LogP contribution is -2.39. The Morgan fingerprint density at radius 1 is 1.03 bits per heavy atom. The highest BCUT2D eigenvalue weighted by atomic mass is 35.5. The van der Waals surface area contributed by atoms with Crippen LogP contribution in [0.1, 0.15) is 58.3 Å². The normalized spacial score (nSPS) is 16.3. The van der Waals surface area contributed by atoms with Gasteiger partial charge in [0.1, 0.15) is 5.69 Å². The molecule has 1 amide bonds. The highest BCUT2D eigenvalue weighted by Crippen LogP contribution is 2.30. The average molecular weight is 493 g/mol. The van der Waals surface area contributed by atoms with Crippen LogP contribution in [-0.4, -0.2) is 52.8 Å². The summed E-state index contributed by atoms with van der Waals surface area (Å²) >= 11 is 6.22. The minimum absolute atomic E-state index is 0.189. The van der Waals surface area contributed by atoms with Crippen molar-refractivity contribution < 1.29 is 14.3 Å². The molecule has 0 radical (unpaired) electrons. The number of hydrogen-bond donors (Lipinski definition) is 0. The Kier molecular flexibility index (Phi) is 6.88. The van der Waals surface area contributed by atoms with Gasteiger partial charge < -0.3 is 9.64 Å². The zero-order valence-electron chi connectivity index (χ0n) is 19.9. The van der Waals surface area contributed by atoms with Gasteiger partial charge in [0.25, 0.3) is 5.91 Å². The maximum Gasteiger partial charge on any atom is 0.359 e. The van der Waals surface area contributed by atoms with E-state index in [4.69, 9.17) is 16.3 Å². The highest BCUT2D eigenvalue weighted by Gasteiger charge is 2.35. The zero-order valence-corrected chi connectivity index (χ0v) is 20.6. The number of amides is 1. The zero-order chi connectivity index (χ0) is 24.4. The molecule has 0 atom stereocenters. The summed E-state index contributed by atoms with van der Waals surface area (Å²) in [4.78, 5) is 30.8. The van der Waals surface area contributed by atoms with Gasteiger partial charge in [-0.3, -0.25) is 9.69 Å². The lowest BCUT2D eigenvalue weighted by molar-refractivity contribution is 0.0517. The number of likely N-dealkylation sites (tertiary alicyclic amines) is 1. The molecule has 0 aliphatic carbocycles. The van der Waals surface area contributed by atoms with Gasteiger partial charge in [-0.15, -0.1) is 0 Å². The van der Waals surface area contributed by atoms with Gasteiger partial charge in [0.2, 0.25) is 0 Å². The molecular weight excluding hydrogens is 464 g/mol. The van der Waals surface area contributed by atoms with Crippen molar-refractivity contribution in [1.29, 1.82) is 0 Å². The first-order valence-electron chi connectivity index (χ1n) is 12.2. The summed E-state index contributed by atoms with van der Waals surface area (Å²) in [5.41, 5.74) is 3.86. The van der Waals surface area contributed by atoms with E-state index in [1.54, 1.807) is 30.0 Å². The molecule has 0 bridgehead atoms. The third kappa shape index (κ3) is 4.83. The fraction of sp³-hybridized carbons (Fsp3) is 0.370. The van der Waals surface area contributed by atoms with Crippen molar-refractivity contribution in [2.24, 2.45) is 0 Å². The van der Waals surface area contributed by atoms with Crippen LogP contribution in [0.15, 0.2) is 48.5 Å². The number of carbonyl (C=O) groups is 2. The molecule has 1 fully saturated rings. The molecule has 2 aromatic carbocycles. The van der Waals surface area contributed by atoms with Crippen LogP contribution in [0, 0.1) is 0 Å². The number of ether oxygens (including phenoxy) is 1. The topological polar surface area (TPSA) is 67.7 Å². The molecule has 1 saturated heterocycles. The number of anilines is 1. The van der Waals surface area contributed by atoms with Gasteiger partial charge in [0, 0.05) is 29.4 Å². The monoisotopic (exact) mass is 492 g/mol. The molecule has 1 aromatic heterocycles. The smallest absolute Gasteiger partial charge is 0.359 e. The molecule has 0 saturated carbocycles. The van der Waals surface area contributed by atoms with E-state index in [9.17, 15) is 9.59 Å². The fourth-order valence-corrected chi connectivity index (χ4v) is 5.15. The van der Waals surface area contributed by atoms with Crippen LogP contribution in [0.3, 0.4) is 0 Å². The Morgan fingerprint density at radius 2 is 1.80 bits per heavy atom. The molecule has 5 rings (SSSR count). The first-order chi connectivity index (χ1) is 17.0. The third-order valence-corrected chi connectivity index (χ3v) is 6.85. The van der Waals surface area contributed by atoms with Crippen LogP contribution in [0.25, 0.3) is 5.69 Å².